The van der Waals surface area contributed by atoms with Gasteiger partial charge in [-0.15, -0.1) is 0 Å². The number of rotatable bonds is 4. The SMILES string of the molecule is O=C(C[n+]1ccc2ccccc2c1)Nc1ccc(-c2ccccc2)cc1. The van der Waals surface area contributed by atoms with Crippen molar-refractivity contribution in [2.45, 2.75) is 6.54 Å². The molecule has 1 N–H and O–H groups in total. The average Bonchev–Trinajstić information content (AvgIpc) is 2.69. The van der Waals surface area contributed by atoms with E-state index in [1.165, 1.54) is 5.39 Å². The van der Waals surface area contributed by atoms with Gasteiger partial charge >= 0.3 is 0 Å². The molecule has 3 nitrogen and oxygen atoms in total. The fraction of sp³-hybridized carbons (Fsp3) is 0.0435. The second-order valence-corrected chi connectivity index (χ2v) is 6.24. The van der Waals surface area contributed by atoms with Crippen LogP contribution < -0.4 is 9.88 Å². The summed E-state index contributed by atoms with van der Waals surface area (Å²) in [5, 5.41) is 5.25. The van der Waals surface area contributed by atoms with Crippen molar-refractivity contribution in [1.82, 2.24) is 0 Å². The number of pyridine rings is 1. The zero-order valence-electron chi connectivity index (χ0n) is 14.3. The summed E-state index contributed by atoms with van der Waals surface area (Å²) in [7, 11) is 0. The van der Waals surface area contributed by atoms with E-state index in [2.05, 4.69) is 23.5 Å². The molecule has 0 aliphatic carbocycles. The van der Waals surface area contributed by atoms with Crippen LogP contribution >= 0.6 is 0 Å². The average molecular weight is 339 g/mol. The number of benzene rings is 3. The summed E-state index contributed by atoms with van der Waals surface area (Å²) in [6.45, 7) is 0.283. The number of fused-ring (bicyclic) bond motifs is 1. The first-order valence-corrected chi connectivity index (χ1v) is 8.61. The molecule has 1 amide bonds. The topological polar surface area (TPSA) is 33.0 Å². The van der Waals surface area contributed by atoms with E-state index >= 15 is 0 Å². The van der Waals surface area contributed by atoms with Crippen molar-refractivity contribution in [2.75, 3.05) is 5.32 Å². The first-order chi connectivity index (χ1) is 12.8. The van der Waals surface area contributed by atoms with E-state index in [0.717, 1.165) is 22.2 Å². The molecule has 0 radical (unpaired) electrons. The van der Waals surface area contributed by atoms with Gasteiger partial charge in [0.05, 0.1) is 0 Å². The van der Waals surface area contributed by atoms with Gasteiger partial charge in [-0.2, -0.15) is 4.57 Å². The number of hydrogen-bond acceptors (Lipinski definition) is 1. The fourth-order valence-electron chi connectivity index (χ4n) is 3.02. The van der Waals surface area contributed by atoms with Crippen LogP contribution in [-0.4, -0.2) is 5.91 Å². The normalized spacial score (nSPS) is 10.6. The van der Waals surface area contributed by atoms with Crippen molar-refractivity contribution < 1.29 is 9.36 Å². The van der Waals surface area contributed by atoms with Crippen molar-refractivity contribution in [3.05, 3.63) is 97.3 Å². The molecule has 1 aromatic heterocycles. The van der Waals surface area contributed by atoms with Crippen LogP contribution in [-0.2, 0) is 11.3 Å². The lowest BCUT2D eigenvalue weighted by molar-refractivity contribution is -0.682. The number of carbonyl (C=O) groups excluding carboxylic acids is 1. The summed E-state index contributed by atoms with van der Waals surface area (Å²) in [6.07, 6.45) is 3.92. The van der Waals surface area contributed by atoms with Gasteiger partial charge in [-0.1, -0.05) is 60.7 Å². The van der Waals surface area contributed by atoms with Crippen molar-refractivity contribution in [3.8, 4) is 11.1 Å². The van der Waals surface area contributed by atoms with Crippen molar-refractivity contribution in [3.63, 3.8) is 0 Å². The highest BCUT2D eigenvalue weighted by molar-refractivity contribution is 5.90. The van der Waals surface area contributed by atoms with E-state index in [0.29, 0.717) is 0 Å². The summed E-state index contributed by atoms with van der Waals surface area (Å²) in [5.74, 6) is -0.0438. The smallest absolute Gasteiger partial charge is 0.290 e. The molecule has 0 saturated carbocycles. The maximum Gasteiger partial charge on any atom is 0.290 e. The number of anilines is 1. The Morgan fingerprint density at radius 2 is 1.38 bits per heavy atom. The maximum atomic E-state index is 12.3. The molecule has 4 rings (SSSR count). The molecule has 3 heteroatoms. The molecule has 0 unspecified atom stereocenters. The van der Waals surface area contributed by atoms with Crippen LogP contribution in [0.2, 0.25) is 0 Å². The van der Waals surface area contributed by atoms with E-state index in [4.69, 9.17) is 0 Å². The quantitative estimate of drug-likeness (QED) is 0.548. The second-order valence-electron chi connectivity index (χ2n) is 6.24. The lowest BCUT2D eigenvalue weighted by atomic mass is 10.1. The Balaban J connectivity index is 1.44. The van der Waals surface area contributed by atoms with Crippen LogP contribution in [0.4, 0.5) is 5.69 Å². The first kappa shape index (κ1) is 16.0. The van der Waals surface area contributed by atoms with Crippen LogP contribution in [0.1, 0.15) is 0 Å². The number of nitrogens with one attached hydrogen (secondary N) is 1. The molecule has 26 heavy (non-hydrogen) atoms. The van der Waals surface area contributed by atoms with Gasteiger partial charge in [0.15, 0.2) is 12.4 Å². The van der Waals surface area contributed by atoms with Crippen molar-refractivity contribution in [2.24, 2.45) is 0 Å². The Morgan fingerprint density at radius 3 is 2.15 bits per heavy atom. The van der Waals surface area contributed by atoms with E-state index in [1.54, 1.807) is 0 Å². The molecule has 0 atom stereocenters. The predicted molar refractivity (Wildman–Crippen MR) is 105 cm³/mol. The molecular weight excluding hydrogens is 320 g/mol. The third-order valence-corrected chi connectivity index (χ3v) is 4.35. The fourth-order valence-corrected chi connectivity index (χ4v) is 3.02. The molecule has 0 aliphatic heterocycles. The molecule has 126 valence electrons. The van der Waals surface area contributed by atoms with E-state index in [9.17, 15) is 4.79 Å². The van der Waals surface area contributed by atoms with Crippen LogP contribution in [0, 0.1) is 0 Å². The molecular formula is C23H19N2O+. The lowest BCUT2D eigenvalue weighted by Crippen LogP contribution is -2.39. The van der Waals surface area contributed by atoms with Gasteiger partial charge in [0.1, 0.15) is 0 Å². The lowest BCUT2D eigenvalue weighted by Gasteiger charge is -2.06. The van der Waals surface area contributed by atoms with Gasteiger partial charge in [-0.05, 0) is 34.7 Å². The van der Waals surface area contributed by atoms with Gasteiger partial charge in [0.2, 0.25) is 6.54 Å². The molecule has 0 bridgehead atoms. The zero-order valence-corrected chi connectivity index (χ0v) is 14.3. The van der Waals surface area contributed by atoms with E-state index < -0.39 is 0 Å². The second kappa shape index (κ2) is 7.19. The maximum absolute atomic E-state index is 12.3. The summed E-state index contributed by atoms with van der Waals surface area (Å²) in [4.78, 5) is 12.3. The van der Waals surface area contributed by atoms with Crippen LogP contribution in [0.3, 0.4) is 0 Å². The summed E-state index contributed by atoms with van der Waals surface area (Å²) in [6, 6.07) is 28.3. The van der Waals surface area contributed by atoms with Gasteiger partial charge < -0.3 is 5.32 Å². The Labute approximate surface area is 152 Å². The third kappa shape index (κ3) is 3.62. The molecule has 0 fully saturated rings. The molecule has 4 aromatic rings. The molecule has 1 heterocycles. The Hall–Kier alpha value is -3.46. The highest BCUT2D eigenvalue weighted by Crippen LogP contribution is 2.20. The highest BCUT2D eigenvalue weighted by atomic mass is 16.1. The Bertz CT molecular complexity index is 1040. The van der Waals surface area contributed by atoms with E-state index in [-0.39, 0.29) is 12.5 Å². The van der Waals surface area contributed by atoms with Gasteiger partial charge in [0, 0.05) is 17.1 Å². The Kier molecular flexibility index (Phi) is 4.44. The minimum atomic E-state index is -0.0438. The van der Waals surface area contributed by atoms with Gasteiger partial charge in [0.25, 0.3) is 5.91 Å². The summed E-state index contributed by atoms with van der Waals surface area (Å²) < 4.78 is 1.90. The van der Waals surface area contributed by atoms with E-state index in [1.807, 2.05) is 83.7 Å². The minimum Gasteiger partial charge on any atom is -0.321 e. The largest absolute Gasteiger partial charge is 0.321 e. The summed E-state index contributed by atoms with van der Waals surface area (Å²) in [5.41, 5.74) is 3.10. The van der Waals surface area contributed by atoms with Gasteiger partial charge in [-0.25, -0.2) is 0 Å². The number of amides is 1. The Morgan fingerprint density at radius 1 is 0.731 bits per heavy atom. The van der Waals surface area contributed by atoms with Crippen molar-refractivity contribution in [1.29, 1.82) is 0 Å². The number of carbonyl (C=O) groups is 1. The third-order valence-electron chi connectivity index (χ3n) is 4.35. The zero-order chi connectivity index (χ0) is 17.8. The number of aromatic nitrogens is 1. The highest BCUT2D eigenvalue weighted by Gasteiger charge is 2.10. The monoisotopic (exact) mass is 339 g/mol. The standard InChI is InChI=1S/C23H18N2O/c26-23(17-25-15-14-19-8-4-5-9-21(19)16-25)24-22-12-10-20(11-13-22)18-6-2-1-3-7-18/h1-16H,17H2/p+1. The van der Waals surface area contributed by atoms with Crippen LogP contribution in [0.15, 0.2) is 97.3 Å². The molecule has 0 saturated heterocycles. The molecule has 0 aliphatic rings. The molecule has 3 aromatic carbocycles. The van der Waals surface area contributed by atoms with Gasteiger partial charge in [-0.3, -0.25) is 4.79 Å². The van der Waals surface area contributed by atoms with Crippen LogP contribution in [0.5, 0.6) is 0 Å². The van der Waals surface area contributed by atoms with Crippen LogP contribution in [0.25, 0.3) is 21.9 Å². The van der Waals surface area contributed by atoms with Crippen molar-refractivity contribution >= 4 is 22.4 Å². The predicted octanol–water partition coefficient (Wildman–Crippen LogP) is 4.43. The minimum absolute atomic E-state index is 0.0438. The first-order valence-electron chi connectivity index (χ1n) is 8.61. The number of nitrogens with zero attached hydrogens (tertiary/aromatic N) is 1. The summed E-state index contributed by atoms with van der Waals surface area (Å²) >= 11 is 0. The molecule has 0 spiro atoms. The number of hydrogen-bond donors (Lipinski definition) is 1.